The lowest BCUT2D eigenvalue weighted by Crippen LogP contribution is -2.29. The first kappa shape index (κ1) is 9.42. The van der Waals surface area contributed by atoms with Crippen LogP contribution in [0.5, 0.6) is 0 Å². The number of hydrogen-bond acceptors (Lipinski definition) is 1. The van der Waals surface area contributed by atoms with Crippen molar-refractivity contribution in [3.05, 3.63) is 54.2 Å². The Hall–Kier alpha value is -2.14. The molecule has 0 saturated heterocycles. The van der Waals surface area contributed by atoms with Gasteiger partial charge in [-0.25, -0.2) is 4.57 Å². The molecule has 15 heavy (non-hydrogen) atoms. The largest absolute Gasteiger partial charge is 0.212 e. The molecule has 0 amide bonds. The predicted octanol–water partition coefficient (Wildman–Crippen LogP) is 2.05. The zero-order valence-corrected chi connectivity index (χ0v) is 8.51. The van der Waals surface area contributed by atoms with Gasteiger partial charge in [0, 0.05) is 17.7 Å². The van der Waals surface area contributed by atoms with Gasteiger partial charge in [0.05, 0.1) is 11.6 Å². The lowest BCUT2D eigenvalue weighted by atomic mass is 10.1. The highest BCUT2D eigenvalue weighted by Gasteiger charge is 2.06. The van der Waals surface area contributed by atoms with Crippen LogP contribution < -0.4 is 4.57 Å². The molecule has 1 aromatic heterocycles. The van der Waals surface area contributed by atoms with E-state index in [4.69, 9.17) is 5.26 Å². The zero-order chi connectivity index (χ0) is 10.7. The monoisotopic (exact) mass is 195 g/mol. The molecule has 0 aliphatic carbocycles. The summed E-state index contributed by atoms with van der Waals surface area (Å²) in [6.45, 7) is 0. The van der Waals surface area contributed by atoms with Gasteiger partial charge in [-0.2, -0.15) is 5.26 Å². The molecule has 0 aliphatic rings. The summed E-state index contributed by atoms with van der Waals surface area (Å²) >= 11 is 0. The highest BCUT2D eigenvalue weighted by atomic mass is 14.9. The smallest absolute Gasteiger partial charge is 0.201 e. The van der Waals surface area contributed by atoms with E-state index in [1.165, 1.54) is 0 Å². The third kappa shape index (κ3) is 1.87. The van der Waals surface area contributed by atoms with Crippen molar-refractivity contribution in [2.75, 3.05) is 0 Å². The topological polar surface area (TPSA) is 27.7 Å². The molecule has 0 radical (unpaired) electrons. The predicted molar refractivity (Wildman–Crippen MR) is 57.8 cm³/mol. The Morgan fingerprint density at radius 1 is 1.07 bits per heavy atom. The van der Waals surface area contributed by atoms with Crippen LogP contribution in [0, 0.1) is 11.3 Å². The van der Waals surface area contributed by atoms with Gasteiger partial charge in [-0.15, -0.1) is 0 Å². The fourth-order valence-electron chi connectivity index (χ4n) is 1.54. The second-order valence-corrected chi connectivity index (χ2v) is 3.39. The number of aryl methyl sites for hydroxylation is 1. The Kier molecular flexibility index (Phi) is 2.47. The minimum Gasteiger partial charge on any atom is -0.201 e. The Morgan fingerprint density at radius 3 is 2.40 bits per heavy atom. The maximum absolute atomic E-state index is 8.70. The number of rotatable bonds is 1. The van der Waals surface area contributed by atoms with Crippen LogP contribution in [0.4, 0.5) is 0 Å². The number of nitriles is 1. The van der Waals surface area contributed by atoms with E-state index in [2.05, 4.69) is 16.7 Å². The molecular formula is C13H11N2+. The van der Waals surface area contributed by atoms with Crippen molar-refractivity contribution in [2.45, 2.75) is 0 Å². The molecular weight excluding hydrogens is 184 g/mol. The molecule has 2 aromatic rings. The summed E-state index contributed by atoms with van der Waals surface area (Å²) in [5.41, 5.74) is 2.96. The van der Waals surface area contributed by atoms with Crippen LogP contribution in [-0.4, -0.2) is 0 Å². The average molecular weight is 195 g/mol. The van der Waals surface area contributed by atoms with E-state index >= 15 is 0 Å². The molecule has 0 spiro atoms. The third-order valence-corrected chi connectivity index (χ3v) is 2.36. The summed E-state index contributed by atoms with van der Waals surface area (Å²) in [6.07, 6.45) is 2.01. The lowest BCUT2D eigenvalue weighted by molar-refractivity contribution is -0.660. The Balaban J connectivity index is 2.47. The van der Waals surface area contributed by atoms with E-state index in [0.29, 0.717) is 5.56 Å². The van der Waals surface area contributed by atoms with E-state index in [0.717, 1.165) is 11.3 Å². The van der Waals surface area contributed by atoms with Crippen LogP contribution in [-0.2, 0) is 7.05 Å². The molecule has 2 nitrogen and oxygen atoms in total. The van der Waals surface area contributed by atoms with Crippen LogP contribution >= 0.6 is 0 Å². The van der Waals surface area contributed by atoms with Crippen molar-refractivity contribution in [3.63, 3.8) is 0 Å². The van der Waals surface area contributed by atoms with Gasteiger partial charge >= 0.3 is 0 Å². The summed E-state index contributed by atoms with van der Waals surface area (Å²) in [5.74, 6) is 0. The first-order valence-corrected chi connectivity index (χ1v) is 4.76. The summed E-state index contributed by atoms with van der Waals surface area (Å²) in [5, 5.41) is 8.70. The van der Waals surface area contributed by atoms with E-state index in [1.807, 2.05) is 49.6 Å². The van der Waals surface area contributed by atoms with Gasteiger partial charge in [0.2, 0.25) is 5.69 Å². The third-order valence-electron chi connectivity index (χ3n) is 2.36. The SMILES string of the molecule is C[n+]1ccccc1-c1ccc(C#N)cc1. The first-order chi connectivity index (χ1) is 7.31. The lowest BCUT2D eigenvalue weighted by Gasteiger charge is -1.99. The van der Waals surface area contributed by atoms with E-state index < -0.39 is 0 Å². The highest BCUT2D eigenvalue weighted by Crippen LogP contribution is 2.14. The van der Waals surface area contributed by atoms with E-state index in [1.54, 1.807) is 0 Å². The summed E-state index contributed by atoms with van der Waals surface area (Å²) in [7, 11) is 2.01. The molecule has 0 saturated carbocycles. The molecule has 0 bridgehead atoms. The van der Waals surface area contributed by atoms with Crippen LogP contribution in [0.3, 0.4) is 0 Å². The number of pyridine rings is 1. The van der Waals surface area contributed by atoms with Crippen LogP contribution in [0.1, 0.15) is 5.56 Å². The Bertz CT molecular complexity index is 507. The minimum absolute atomic E-state index is 0.692. The van der Waals surface area contributed by atoms with Gasteiger partial charge in [-0.3, -0.25) is 0 Å². The standard InChI is InChI=1S/C13H11N2/c1-15-9-3-2-4-13(15)12-7-5-11(10-14)6-8-12/h2-9H,1H3/q+1. The molecule has 0 unspecified atom stereocenters. The van der Waals surface area contributed by atoms with Crippen molar-refractivity contribution in [1.29, 1.82) is 5.26 Å². The molecule has 0 atom stereocenters. The van der Waals surface area contributed by atoms with Crippen LogP contribution in [0.15, 0.2) is 48.7 Å². The first-order valence-electron chi connectivity index (χ1n) is 4.76. The van der Waals surface area contributed by atoms with E-state index in [9.17, 15) is 0 Å². The van der Waals surface area contributed by atoms with Gasteiger partial charge in [-0.05, 0) is 30.3 Å². The van der Waals surface area contributed by atoms with Gasteiger partial charge < -0.3 is 0 Å². The normalized spacial score (nSPS) is 9.60. The second-order valence-electron chi connectivity index (χ2n) is 3.39. The number of aromatic nitrogens is 1. The fourth-order valence-corrected chi connectivity index (χ4v) is 1.54. The average Bonchev–Trinajstić information content (AvgIpc) is 2.30. The van der Waals surface area contributed by atoms with Crippen molar-refractivity contribution in [3.8, 4) is 17.3 Å². The molecule has 0 aliphatic heterocycles. The number of hydrogen-bond donors (Lipinski definition) is 0. The molecule has 0 fully saturated rings. The Labute approximate surface area is 89.0 Å². The number of benzene rings is 1. The van der Waals surface area contributed by atoms with Gasteiger partial charge in [0.15, 0.2) is 6.20 Å². The molecule has 0 N–H and O–H groups in total. The van der Waals surface area contributed by atoms with Crippen molar-refractivity contribution < 1.29 is 4.57 Å². The van der Waals surface area contributed by atoms with Gasteiger partial charge in [0.1, 0.15) is 7.05 Å². The molecule has 72 valence electrons. The quantitative estimate of drug-likeness (QED) is 0.640. The minimum atomic E-state index is 0.692. The Morgan fingerprint density at radius 2 is 1.80 bits per heavy atom. The molecule has 2 rings (SSSR count). The van der Waals surface area contributed by atoms with Crippen molar-refractivity contribution >= 4 is 0 Å². The summed E-state index contributed by atoms with van der Waals surface area (Å²) in [6, 6.07) is 15.8. The van der Waals surface area contributed by atoms with Crippen molar-refractivity contribution in [1.82, 2.24) is 0 Å². The van der Waals surface area contributed by atoms with Crippen LogP contribution in [0.25, 0.3) is 11.3 Å². The van der Waals surface area contributed by atoms with Gasteiger partial charge in [0.25, 0.3) is 0 Å². The molecule has 2 heteroatoms. The molecule has 1 heterocycles. The van der Waals surface area contributed by atoms with Gasteiger partial charge in [-0.1, -0.05) is 0 Å². The second kappa shape index (κ2) is 3.93. The van der Waals surface area contributed by atoms with Crippen molar-refractivity contribution in [2.24, 2.45) is 7.05 Å². The van der Waals surface area contributed by atoms with Crippen LogP contribution in [0.2, 0.25) is 0 Å². The zero-order valence-electron chi connectivity index (χ0n) is 8.51. The number of nitrogens with zero attached hydrogens (tertiary/aromatic N) is 2. The maximum Gasteiger partial charge on any atom is 0.212 e. The summed E-state index contributed by atoms with van der Waals surface area (Å²) in [4.78, 5) is 0. The fraction of sp³-hybridized carbons (Fsp3) is 0.0769. The summed E-state index contributed by atoms with van der Waals surface area (Å²) < 4.78 is 2.06. The maximum atomic E-state index is 8.70. The molecule has 1 aromatic carbocycles. The highest BCUT2D eigenvalue weighted by molar-refractivity contribution is 5.57. The van der Waals surface area contributed by atoms with E-state index in [-0.39, 0.29) is 0 Å².